The molecule has 0 bridgehead atoms. The summed E-state index contributed by atoms with van der Waals surface area (Å²) in [6.07, 6.45) is 7.76. The van der Waals surface area contributed by atoms with Crippen LogP contribution in [0.4, 0.5) is 0 Å². The van der Waals surface area contributed by atoms with Gasteiger partial charge in [0.1, 0.15) is 0 Å². The lowest BCUT2D eigenvalue weighted by Crippen LogP contribution is -2.53. The molecule has 1 aliphatic heterocycles. The minimum Gasteiger partial charge on any atom is -0.341 e. The second kappa shape index (κ2) is 5.20. The number of hydrogen-bond donors (Lipinski definition) is 1. The minimum absolute atomic E-state index is 0.0938. The Morgan fingerprint density at radius 1 is 1.11 bits per heavy atom. The first-order chi connectivity index (χ1) is 8.74. The highest BCUT2D eigenvalue weighted by Gasteiger charge is 2.36. The summed E-state index contributed by atoms with van der Waals surface area (Å²) in [5.74, 6) is 2.52. The van der Waals surface area contributed by atoms with E-state index in [0.29, 0.717) is 11.8 Å². The fraction of sp³-hybridized carbons (Fsp3) is 0.933. The van der Waals surface area contributed by atoms with Crippen molar-refractivity contribution in [1.82, 2.24) is 10.2 Å². The molecule has 3 nitrogen and oxygen atoms in total. The maximum atomic E-state index is 12.7. The molecule has 2 unspecified atom stereocenters. The molecule has 1 heterocycles. The summed E-state index contributed by atoms with van der Waals surface area (Å²) in [6.45, 7) is 5.29. The van der Waals surface area contributed by atoms with Crippen LogP contribution in [0.15, 0.2) is 0 Å². The van der Waals surface area contributed by atoms with Crippen molar-refractivity contribution in [2.45, 2.75) is 51.5 Å². The fourth-order valence-electron chi connectivity index (χ4n) is 3.06. The van der Waals surface area contributed by atoms with Gasteiger partial charge in [0.05, 0.1) is 6.04 Å². The SMILES string of the molecule is CC1CCCNC1C(=O)N(CC1CC1)CC1CC1. The maximum Gasteiger partial charge on any atom is 0.239 e. The third kappa shape index (κ3) is 3.05. The number of rotatable bonds is 5. The van der Waals surface area contributed by atoms with Gasteiger partial charge in [-0.3, -0.25) is 4.79 Å². The number of nitrogens with zero attached hydrogens (tertiary/aromatic N) is 1. The molecule has 0 aromatic heterocycles. The van der Waals surface area contributed by atoms with Crippen molar-refractivity contribution in [2.24, 2.45) is 17.8 Å². The van der Waals surface area contributed by atoms with Crippen LogP contribution in [0.2, 0.25) is 0 Å². The molecule has 0 radical (unpaired) electrons. The molecule has 2 atom stereocenters. The van der Waals surface area contributed by atoms with E-state index < -0.39 is 0 Å². The van der Waals surface area contributed by atoms with E-state index in [1.807, 2.05) is 0 Å². The quantitative estimate of drug-likeness (QED) is 0.809. The lowest BCUT2D eigenvalue weighted by molar-refractivity contribution is -0.135. The van der Waals surface area contributed by atoms with Crippen molar-refractivity contribution >= 4 is 5.91 Å². The van der Waals surface area contributed by atoms with Gasteiger partial charge in [0.15, 0.2) is 0 Å². The molecule has 102 valence electrons. The van der Waals surface area contributed by atoms with E-state index in [2.05, 4.69) is 17.1 Å². The first-order valence-electron chi connectivity index (χ1n) is 7.76. The van der Waals surface area contributed by atoms with Gasteiger partial charge in [-0.2, -0.15) is 0 Å². The van der Waals surface area contributed by atoms with Gasteiger partial charge >= 0.3 is 0 Å². The molecule has 0 aromatic carbocycles. The van der Waals surface area contributed by atoms with Gasteiger partial charge < -0.3 is 10.2 Å². The van der Waals surface area contributed by atoms with E-state index in [1.54, 1.807) is 0 Å². The van der Waals surface area contributed by atoms with Crippen LogP contribution in [0, 0.1) is 17.8 Å². The van der Waals surface area contributed by atoms with Crippen LogP contribution in [0.5, 0.6) is 0 Å². The number of piperidine rings is 1. The summed E-state index contributed by atoms with van der Waals surface area (Å²) < 4.78 is 0. The number of nitrogens with one attached hydrogen (secondary N) is 1. The summed E-state index contributed by atoms with van der Waals surface area (Å²) in [7, 11) is 0. The number of amides is 1. The van der Waals surface area contributed by atoms with Crippen LogP contribution < -0.4 is 5.32 Å². The molecule has 3 rings (SSSR count). The lowest BCUT2D eigenvalue weighted by atomic mass is 9.91. The predicted molar refractivity (Wildman–Crippen MR) is 72.2 cm³/mol. The number of hydrogen-bond acceptors (Lipinski definition) is 2. The zero-order valence-electron chi connectivity index (χ0n) is 11.5. The Labute approximate surface area is 110 Å². The van der Waals surface area contributed by atoms with Crippen LogP contribution in [0.1, 0.15) is 45.4 Å². The van der Waals surface area contributed by atoms with Crippen molar-refractivity contribution in [2.75, 3.05) is 19.6 Å². The van der Waals surface area contributed by atoms with Crippen LogP contribution in [-0.2, 0) is 4.79 Å². The molecular formula is C15H26N2O. The largest absolute Gasteiger partial charge is 0.341 e. The molecule has 1 N–H and O–H groups in total. The van der Waals surface area contributed by atoms with Gasteiger partial charge in [-0.25, -0.2) is 0 Å². The zero-order chi connectivity index (χ0) is 12.5. The second-order valence-electron chi connectivity index (χ2n) is 6.68. The normalized spacial score (nSPS) is 32.3. The second-order valence-corrected chi connectivity index (χ2v) is 6.68. The van der Waals surface area contributed by atoms with Crippen LogP contribution in [-0.4, -0.2) is 36.5 Å². The highest BCUT2D eigenvalue weighted by molar-refractivity contribution is 5.82. The molecule has 2 aliphatic carbocycles. The van der Waals surface area contributed by atoms with E-state index in [0.717, 1.165) is 31.5 Å². The van der Waals surface area contributed by atoms with E-state index in [-0.39, 0.29) is 6.04 Å². The highest BCUT2D eigenvalue weighted by Crippen LogP contribution is 2.34. The van der Waals surface area contributed by atoms with Gasteiger partial charge in [-0.15, -0.1) is 0 Å². The summed E-state index contributed by atoms with van der Waals surface area (Å²) in [6, 6.07) is 0.0938. The Hall–Kier alpha value is -0.570. The van der Waals surface area contributed by atoms with E-state index in [1.165, 1.54) is 38.5 Å². The molecule has 0 spiro atoms. The zero-order valence-corrected chi connectivity index (χ0v) is 11.5. The van der Waals surface area contributed by atoms with Crippen LogP contribution >= 0.6 is 0 Å². The highest BCUT2D eigenvalue weighted by atomic mass is 16.2. The van der Waals surface area contributed by atoms with E-state index in [9.17, 15) is 4.79 Å². The Balaban J connectivity index is 1.61. The standard InChI is InChI=1S/C15H26N2O/c1-11-3-2-8-16-14(11)15(18)17(9-12-4-5-12)10-13-6-7-13/h11-14,16H,2-10H2,1H3. The summed E-state index contributed by atoms with van der Waals surface area (Å²) >= 11 is 0. The number of carbonyl (C=O) groups is 1. The monoisotopic (exact) mass is 250 g/mol. The Kier molecular flexibility index (Phi) is 3.60. The third-order valence-electron chi connectivity index (χ3n) is 4.70. The molecular weight excluding hydrogens is 224 g/mol. The summed E-state index contributed by atoms with van der Waals surface area (Å²) in [4.78, 5) is 14.9. The van der Waals surface area contributed by atoms with Gasteiger partial charge in [0.2, 0.25) is 5.91 Å². The molecule has 18 heavy (non-hydrogen) atoms. The van der Waals surface area contributed by atoms with Gasteiger partial charge in [-0.05, 0) is 62.8 Å². The van der Waals surface area contributed by atoms with Gasteiger partial charge in [0.25, 0.3) is 0 Å². The summed E-state index contributed by atoms with van der Waals surface area (Å²) in [5, 5.41) is 3.45. The molecule has 3 heteroatoms. The predicted octanol–water partition coefficient (Wildman–Crippen LogP) is 2.02. The first kappa shape index (κ1) is 12.5. The van der Waals surface area contributed by atoms with Gasteiger partial charge in [-0.1, -0.05) is 6.92 Å². The van der Waals surface area contributed by atoms with Gasteiger partial charge in [0, 0.05) is 13.1 Å². The van der Waals surface area contributed by atoms with Crippen LogP contribution in [0.3, 0.4) is 0 Å². The Bertz CT molecular complexity index is 296. The molecule has 1 saturated heterocycles. The molecule has 3 fully saturated rings. The van der Waals surface area contributed by atoms with Crippen molar-refractivity contribution in [1.29, 1.82) is 0 Å². The first-order valence-corrected chi connectivity index (χ1v) is 7.76. The third-order valence-corrected chi connectivity index (χ3v) is 4.70. The topological polar surface area (TPSA) is 32.3 Å². The van der Waals surface area contributed by atoms with E-state index in [4.69, 9.17) is 0 Å². The molecule has 0 aromatic rings. The van der Waals surface area contributed by atoms with Crippen molar-refractivity contribution < 1.29 is 4.79 Å². The molecule has 3 aliphatic rings. The van der Waals surface area contributed by atoms with Crippen molar-refractivity contribution in [3.05, 3.63) is 0 Å². The molecule has 1 amide bonds. The smallest absolute Gasteiger partial charge is 0.239 e. The number of carbonyl (C=O) groups excluding carboxylic acids is 1. The lowest BCUT2D eigenvalue weighted by Gasteiger charge is -2.34. The van der Waals surface area contributed by atoms with E-state index >= 15 is 0 Å². The average Bonchev–Trinajstić information content (AvgIpc) is 3.23. The molecule has 2 saturated carbocycles. The van der Waals surface area contributed by atoms with Crippen LogP contribution in [0.25, 0.3) is 0 Å². The Morgan fingerprint density at radius 3 is 2.22 bits per heavy atom. The van der Waals surface area contributed by atoms with Crippen molar-refractivity contribution in [3.63, 3.8) is 0 Å². The minimum atomic E-state index is 0.0938. The average molecular weight is 250 g/mol. The fourth-order valence-corrected chi connectivity index (χ4v) is 3.06. The maximum absolute atomic E-state index is 12.7. The van der Waals surface area contributed by atoms with Crippen molar-refractivity contribution in [3.8, 4) is 0 Å². The Morgan fingerprint density at radius 2 is 1.72 bits per heavy atom. The summed E-state index contributed by atoms with van der Waals surface area (Å²) in [5.41, 5.74) is 0.